The van der Waals surface area contributed by atoms with Crippen LogP contribution in [0.2, 0.25) is 0 Å². The summed E-state index contributed by atoms with van der Waals surface area (Å²) in [6.45, 7) is 5.45. The molecule has 2 heterocycles. The number of alkyl halides is 3. The van der Waals surface area contributed by atoms with Crippen LogP contribution in [0.3, 0.4) is 0 Å². The van der Waals surface area contributed by atoms with Crippen molar-refractivity contribution < 1.29 is 32.0 Å². The van der Waals surface area contributed by atoms with E-state index in [2.05, 4.69) is 5.32 Å². The van der Waals surface area contributed by atoms with Crippen LogP contribution in [0.1, 0.15) is 33.5 Å². The molecule has 1 aromatic heterocycles. The van der Waals surface area contributed by atoms with Gasteiger partial charge in [0.25, 0.3) is 11.8 Å². The first-order valence-electron chi connectivity index (χ1n) is 10.1. The number of anilines is 1. The van der Waals surface area contributed by atoms with Crippen molar-refractivity contribution in [3.63, 3.8) is 0 Å². The Morgan fingerprint density at radius 2 is 1.70 bits per heavy atom. The van der Waals surface area contributed by atoms with Crippen molar-refractivity contribution in [2.75, 3.05) is 4.90 Å². The van der Waals surface area contributed by atoms with E-state index >= 15 is 0 Å². The van der Waals surface area contributed by atoms with Gasteiger partial charge in [0, 0.05) is 11.1 Å². The van der Waals surface area contributed by atoms with Gasteiger partial charge in [-0.1, -0.05) is 39.0 Å². The molecular weight excluding hydrogens is 439 g/mol. The fourth-order valence-corrected chi connectivity index (χ4v) is 3.42. The van der Waals surface area contributed by atoms with Gasteiger partial charge in [-0.15, -0.1) is 0 Å². The number of allylic oxidation sites excluding steroid dienone is 1. The average Bonchev–Trinajstić information content (AvgIpc) is 3.31. The highest BCUT2D eigenvalue weighted by atomic mass is 19.4. The second kappa shape index (κ2) is 8.42. The molecule has 0 spiro atoms. The van der Waals surface area contributed by atoms with E-state index in [1.807, 2.05) is 5.32 Å². The highest BCUT2D eigenvalue weighted by Gasteiger charge is 2.72. The third-order valence-electron chi connectivity index (χ3n) is 5.22. The molecule has 1 aliphatic heterocycles. The van der Waals surface area contributed by atoms with Gasteiger partial charge >= 0.3 is 6.18 Å². The summed E-state index contributed by atoms with van der Waals surface area (Å²) >= 11 is 0. The molecule has 176 valence electrons. The van der Waals surface area contributed by atoms with E-state index in [4.69, 9.17) is 4.42 Å². The second-order valence-electron chi connectivity index (χ2n) is 8.67. The van der Waals surface area contributed by atoms with Gasteiger partial charge in [-0.25, -0.2) is 4.90 Å². The molecule has 3 amide bonds. The van der Waals surface area contributed by atoms with E-state index < -0.39 is 40.4 Å². The maximum absolute atomic E-state index is 14.7. The molecule has 7 nitrogen and oxygen atoms in total. The Bertz CT molecular complexity index is 1090. The maximum Gasteiger partial charge on any atom is 0.425 e. The van der Waals surface area contributed by atoms with Crippen LogP contribution in [0.5, 0.6) is 0 Å². The Balaban J connectivity index is 2.21. The molecule has 33 heavy (non-hydrogen) atoms. The number of furan rings is 1. The molecule has 0 bridgehead atoms. The summed E-state index contributed by atoms with van der Waals surface area (Å²) in [6, 6.07) is 10.5. The number of halogens is 3. The number of rotatable bonds is 5. The fraction of sp³-hybridized carbons (Fsp3) is 0.348. The lowest BCUT2D eigenvalue weighted by Crippen LogP contribution is -2.66. The molecule has 0 aliphatic carbocycles. The van der Waals surface area contributed by atoms with E-state index in [0.29, 0.717) is 10.7 Å². The van der Waals surface area contributed by atoms with Crippen LogP contribution in [0.25, 0.3) is 0 Å². The van der Waals surface area contributed by atoms with E-state index in [0.717, 1.165) is 0 Å². The molecule has 1 aromatic carbocycles. The molecule has 1 aliphatic rings. The quantitative estimate of drug-likeness (QED) is 0.522. The molecule has 1 saturated heterocycles. The van der Waals surface area contributed by atoms with Crippen LogP contribution in [-0.2, 0) is 20.9 Å². The van der Waals surface area contributed by atoms with Gasteiger partial charge in [0.2, 0.25) is 11.4 Å². The second-order valence-corrected chi connectivity index (χ2v) is 8.67. The Kier molecular flexibility index (Phi) is 6.14. The van der Waals surface area contributed by atoms with Gasteiger partial charge in [0.05, 0.1) is 24.1 Å². The largest absolute Gasteiger partial charge is 0.467 e. The average molecular weight is 463 g/mol. The molecule has 1 fully saturated rings. The van der Waals surface area contributed by atoms with Crippen molar-refractivity contribution in [3.8, 4) is 0 Å². The number of benzene rings is 1. The Labute approximate surface area is 188 Å². The fourth-order valence-electron chi connectivity index (χ4n) is 3.42. The minimum absolute atomic E-state index is 0.0315. The van der Waals surface area contributed by atoms with Crippen molar-refractivity contribution in [1.29, 1.82) is 0 Å². The highest BCUT2D eigenvalue weighted by Crippen LogP contribution is 2.46. The molecule has 0 saturated carbocycles. The van der Waals surface area contributed by atoms with E-state index in [1.165, 1.54) is 58.2 Å². The van der Waals surface area contributed by atoms with Crippen LogP contribution >= 0.6 is 0 Å². The van der Waals surface area contributed by atoms with E-state index in [9.17, 15) is 27.6 Å². The number of carbonyl (C=O) groups excluding carboxylic acids is 3. The van der Waals surface area contributed by atoms with Gasteiger partial charge in [-0.2, -0.15) is 13.2 Å². The SMILES string of the molecule is C/C(NCc1ccco1)=C1/C(=O)N(c2ccccc2)C(=O)C1(NC(=O)C(C)(C)C)C(F)(F)F. The van der Waals surface area contributed by atoms with E-state index in [1.54, 1.807) is 18.2 Å². The summed E-state index contributed by atoms with van der Waals surface area (Å²) < 4.78 is 49.3. The molecule has 1 unspecified atom stereocenters. The Hall–Kier alpha value is -3.56. The zero-order valence-electron chi connectivity index (χ0n) is 18.5. The molecule has 2 aromatic rings. The minimum atomic E-state index is -5.31. The molecule has 2 N–H and O–H groups in total. The predicted molar refractivity (Wildman–Crippen MR) is 114 cm³/mol. The summed E-state index contributed by atoms with van der Waals surface area (Å²) in [5, 5.41) is 4.60. The van der Waals surface area contributed by atoms with Crippen molar-refractivity contribution >= 4 is 23.4 Å². The summed E-state index contributed by atoms with van der Waals surface area (Å²) in [5.74, 6) is -3.41. The van der Waals surface area contributed by atoms with Gasteiger partial charge in [-0.05, 0) is 31.2 Å². The monoisotopic (exact) mass is 463 g/mol. The molecule has 10 heteroatoms. The number of imide groups is 1. The zero-order valence-corrected chi connectivity index (χ0v) is 18.5. The number of amides is 3. The Morgan fingerprint density at radius 1 is 1.06 bits per heavy atom. The van der Waals surface area contributed by atoms with E-state index in [-0.39, 0.29) is 17.9 Å². The van der Waals surface area contributed by atoms with Gasteiger partial charge in [0.15, 0.2) is 0 Å². The third kappa shape index (κ3) is 4.24. The molecule has 3 rings (SSSR count). The van der Waals surface area contributed by atoms with Gasteiger partial charge in [-0.3, -0.25) is 14.4 Å². The number of carbonyl (C=O) groups is 3. The maximum atomic E-state index is 14.7. The third-order valence-corrected chi connectivity index (χ3v) is 5.22. The lowest BCUT2D eigenvalue weighted by atomic mass is 9.86. The lowest BCUT2D eigenvalue weighted by Gasteiger charge is -2.34. The van der Waals surface area contributed by atoms with Crippen LogP contribution in [0, 0.1) is 5.41 Å². The topological polar surface area (TPSA) is 91.7 Å². The zero-order chi connectivity index (χ0) is 24.6. The van der Waals surface area contributed by atoms with Crippen LogP contribution < -0.4 is 15.5 Å². The van der Waals surface area contributed by atoms with Crippen molar-refractivity contribution in [2.24, 2.45) is 5.41 Å². The number of para-hydroxylation sites is 1. The van der Waals surface area contributed by atoms with Crippen molar-refractivity contribution in [3.05, 3.63) is 65.8 Å². The van der Waals surface area contributed by atoms with Gasteiger partial charge in [0.1, 0.15) is 5.76 Å². The summed E-state index contributed by atoms with van der Waals surface area (Å²) in [5.41, 5.74) is -5.98. The van der Waals surface area contributed by atoms with Crippen LogP contribution in [-0.4, -0.2) is 29.4 Å². The molecule has 1 atom stereocenters. The Morgan fingerprint density at radius 3 is 2.21 bits per heavy atom. The normalized spacial score (nSPS) is 20.8. The van der Waals surface area contributed by atoms with Crippen LogP contribution in [0.4, 0.5) is 18.9 Å². The van der Waals surface area contributed by atoms with Crippen LogP contribution in [0.15, 0.2) is 64.4 Å². The molecule has 0 radical (unpaired) electrons. The predicted octanol–water partition coefficient (Wildman–Crippen LogP) is 3.68. The lowest BCUT2D eigenvalue weighted by molar-refractivity contribution is -0.190. The van der Waals surface area contributed by atoms with Gasteiger partial charge < -0.3 is 15.1 Å². The first-order valence-corrected chi connectivity index (χ1v) is 10.1. The summed E-state index contributed by atoms with van der Waals surface area (Å²) in [4.78, 5) is 39.9. The van der Waals surface area contributed by atoms with Crippen molar-refractivity contribution in [1.82, 2.24) is 10.6 Å². The minimum Gasteiger partial charge on any atom is -0.467 e. The summed E-state index contributed by atoms with van der Waals surface area (Å²) in [6.07, 6.45) is -3.92. The van der Waals surface area contributed by atoms with Crippen molar-refractivity contribution in [2.45, 2.75) is 46.0 Å². The molecular formula is C23H24F3N3O4. The number of hydrogen-bond acceptors (Lipinski definition) is 5. The first-order chi connectivity index (χ1) is 15.3. The highest BCUT2D eigenvalue weighted by molar-refractivity contribution is 6.34. The standard InChI is InChI=1S/C23H24F3N3O4/c1-14(27-13-16-11-8-12-33-16)17-18(30)29(15-9-6-5-7-10-15)20(32)22(17,23(24,25)26)28-19(31)21(2,3)4/h5-12,27H,13H2,1-4H3,(H,28,31)/b17-14+. The number of hydrogen-bond donors (Lipinski definition) is 2. The number of nitrogens with zero attached hydrogens (tertiary/aromatic N) is 1. The smallest absolute Gasteiger partial charge is 0.425 e. The summed E-state index contributed by atoms with van der Waals surface area (Å²) in [7, 11) is 0. The first kappa shape index (κ1) is 24.1. The number of nitrogens with one attached hydrogen (secondary N) is 2.